The van der Waals surface area contributed by atoms with Gasteiger partial charge in [-0.15, -0.1) is 0 Å². The van der Waals surface area contributed by atoms with Crippen molar-refractivity contribution in [3.63, 3.8) is 0 Å². The highest BCUT2D eigenvalue weighted by atomic mass is 35.5. The van der Waals surface area contributed by atoms with Crippen molar-refractivity contribution in [1.82, 2.24) is 9.88 Å². The highest BCUT2D eigenvalue weighted by Crippen LogP contribution is 2.23. The molecule has 100 valence electrons. The largest absolute Gasteiger partial charge is 0.334 e. The summed E-state index contributed by atoms with van der Waals surface area (Å²) < 4.78 is 0. The Balaban J connectivity index is 2.35. The standard InChI is InChI=1S/C12H12ClN3O3/c1-8-3-2-4-15(7-8)12(17)9-5-11(13)14-6-10(9)16(18)19/h3,5-6H,2,4,7H2,1H3. The van der Waals surface area contributed by atoms with Crippen molar-refractivity contribution >= 4 is 23.2 Å². The Morgan fingerprint density at radius 3 is 2.95 bits per heavy atom. The van der Waals surface area contributed by atoms with Gasteiger partial charge < -0.3 is 4.90 Å². The van der Waals surface area contributed by atoms with Crippen LogP contribution in [0.1, 0.15) is 23.7 Å². The van der Waals surface area contributed by atoms with Gasteiger partial charge in [-0.05, 0) is 19.4 Å². The number of pyridine rings is 1. The maximum Gasteiger partial charge on any atom is 0.300 e. The molecule has 6 nitrogen and oxygen atoms in total. The minimum absolute atomic E-state index is 0.0142. The van der Waals surface area contributed by atoms with Crippen molar-refractivity contribution in [2.45, 2.75) is 13.3 Å². The van der Waals surface area contributed by atoms with E-state index in [0.29, 0.717) is 13.1 Å². The van der Waals surface area contributed by atoms with Crippen LogP contribution in [0.5, 0.6) is 0 Å². The zero-order valence-electron chi connectivity index (χ0n) is 10.3. The van der Waals surface area contributed by atoms with Crippen LogP contribution in [-0.2, 0) is 0 Å². The average Bonchev–Trinajstić information content (AvgIpc) is 2.37. The van der Waals surface area contributed by atoms with Crippen LogP contribution in [-0.4, -0.2) is 33.8 Å². The molecule has 0 bridgehead atoms. The molecule has 0 radical (unpaired) electrons. The number of carbonyl (C=O) groups is 1. The summed E-state index contributed by atoms with van der Waals surface area (Å²) in [7, 11) is 0. The van der Waals surface area contributed by atoms with Crippen LogP contribution in [0.2, 0.25) is 5.15 Å². The number of hydrogen-bond acceptors (Lipinski definition) is 4. The van der Waals surface area contributed by atoms with Crippen molar-refractivity contribution in [1.29, 1.82) is 0 Å². The molecule has 0 unspecified atom stereocenters. The predicted molar refractivity (Wildman–Crippen MR) is 70.2 cm³/mol. The first kappa shape index (κ1) is 13.5. The molecule has 1 amide bonds. The molecule has 0 saturated heterocycles. The van der Waals surface area contributed by atoms with Gasteiger partial charge in [0.15, 0.2) is 0 Å². The van der Waals surface area contributed by atoms with E-state index in [0.717, 1.165) is 18.2 Å². The molecule has 2 rings (SSSR count). The van der Waals surface area contributed by atoms with Crippen molar-refractivity contribution < 1.29 is 9.72 Å². The zero-order chi connectivity index (χ0) is 14.0. The lowest BCUT2D eigenvalue weighted by atomic mass is 10.1. The van der Waals surface area contributed by atoms with Crippen LogP contribution in [0.15, 0.2) is 23.9 Å². The summed E-state index contributed by atoms with van der Waals surface area (Å²) in [6.45, 7) is 2.95. The Labute approximate surface area is 114 Å². The molecule has 0 aliphatic carbocycles. The van der Waals surface area contributed by atoms with Crippen LogP contribution in [0, 0.1) is 10.1 Å². The Bertz CT molecular complexity index is 571. The molecule has 19 heavy (non-hydrogen) atoms. The van der Waals surface area contributed by atoms with E-state index in [1.165, 1.54) is 6.07 Å². The predicted octanol–water partition coefficient (Wildman–Crippen LogP) is 2.44. The summed E-state index contributed by atoms with van der Waals surface area (Å²) >= 11 is 5.72. The van der Waals surface area contributed by atoms with Gasteiger partial charge in [0.25, 0.3) is 11.6 Å². The quantitative estimate of drug-likeness (QED) is 0.361. The molecule has 1 aromatic heterocycles. The highest BCUT2D eigenvalue weighted by molar-refractivity contribution is 6.29. The second-order valence-electron chi connectivity index (χ2n) is 4.35. The minimum atomic E-state index is -0.622. The van der Waals surface area contributed by atoms with Crippen molar-refractivity contribution in [3.05, 3.63) is 44.7 Å². The van der Waals surface area contributed by atoms with Gasteiger partial charge >= 0.3 is 0 Å². The van der Waals surface area contributed by atoms with E-state index in [1.807, 2.05) is 6.92 Å². The van der Waals surface area contributed by atoms with Crippen LogP contribution in [0.4, 0.5) is 5.69 Å². The first-order valence-corrected chi connectivity index (χ1v) is 6.11. The van der Waals surface area contributed by atoms with Gasteiger partial charge in [-0.2, -0.15) is 0 Å². The Morgan fingerprint density at radius 2 is 2.32 bits per heavy atom. The molecule has 0 aromatic carbocycles. The number of nitro groups is 1. The molecule has 1 aliphatic rings. The van der Waals surface area contributed by atoms with Crippen LogP contribution < -0.4 is 0 Å². The third-order valence-corrected chi connectivity index (χ3v) is 3.10. The van der Waals surface area contributed by atoms with Crippen LogP contribution in [0.25, 0.3) is 0 Å². The fourth-order valence-electron chi connectivity index (χ4n) is 1.99. The van der Waals surface area contributed by atoms with E-state index in [1.54, 1.807) is 4.90 Å². The lowest BCUT2D eigenvalue weighted by molar-refractivity contribution is -0.385. The maximum absolute atomic E-state index is 12.3. The number of hydrogen-bond donors (Lipinski definition) is 0. The molecule has 0 atom stereocenters. The van der Waals surface area contributed by atoms with Gasteiger partial charge in [-0.3, -0.25) is 14.9 Å². The van der Waals surface area contributed by atoms with E-state index in [9.17, 15) is 14.9 Å². The van der Waals surface area contributed by atoms with Crippen molar-refractivity contribution in [2.24, 2.45) is 0 Å². The Morgan fingerprint density at radius 1 is 1.58 bits per heavy atom. The molecular weight excluding hydrogens is 270 g/mol. The molecule has 2 heterocycles. The lowest BCUT2D eigenvalue weighted by Crippen LogP contribution is -2.35. The lowest BCUT2D eigenvalue weighted by Gasteiger charge is -2.26. The number of amides is 1. The van der Waals surface area contributed by atoms with Gasteiger partial charge in [-0.25, -0.2) is 4.98 Å². The van der Waals surface area contributed by atoms with Gasteiger partial charge in [0.2, 0.25) is 0 Å². The number of halogens is 1. The van der Waals surface area contributed by atoms with Gasteiger partial charge in [0.1, 0.15) is 16.9 Å². The highest BCUT2D eigenvalue weighted by Gasteiger charge is 2.26. The van der Waals surface area contributed by atoms with Gasteiger partial charge in [-0.1, -0.05) is 23.3 Å². The fourth-order valence-corrected chi connectivity index (χ4v) is 2.15. The molecule has 0 spiro atoms. The Kier molecular flexibility index (Phi) is 3.80. The summed E-state index contributed by atoms with van der Waals surface area (Å²) in [5.41, 5.74) is 0.740. The van der Waals surface area contributed by atoms with E-state index in [2.05, 4.69) is 11.1 Å². The molecular formula is C12H12ClN3O3. The normalized spacial score (nSPS) is 15.1. The molecule has 0 saturated carbocycles. The van der Waals surface area contributed by atoms with E-state index >= 15 is 0 Å². The molecule has 1 aromatic rings. The second kappa shape index (κ2) is 5.36. The zero-order valence-corrected chi connectivity index (χ0v) is 11.1. The average molecular weight is 282 g/mol. The van der Waals surface area contributed by atoms with Crippen LogP contribution in [0.3, 0.4) is 0 Å². The molecule has 1 aliphatic heterocycles. The molecule has 7 heteroatoms. The minimum Gasteiger partial charge on any atom is -0.334 e. The summed E-state index contributed by atoms with van der Waals surface area (Å²) in [5, 5.41) is 11.0. The monoisotopic (exact) mass is 281 g/mol. The third kappa shape index (κ3) is 2.90. The first-order valence-electron chi connectivity index (χ1n) is 5.74. The van der Waals surface area contributed by atoms with Crippen molar-refractivity contribution in [3.8, 4) is 0 Å². The summed E-state index contributed by atoms with van der Waals surface area (Å²) in [6, 6.07) is 1.25. The van der Waals surface area contributed by atoms with Gasteiger partial charge in [0.05, 0.1) is 4.92 Å². The SMILES string of the molecule is CC1=CCCN(C(=O)c2cc(Cl)ncc2[N+](=O)[O-])C1. The second-order valence-corrected chi connectivity index (χ2v) is 4.73. The van der Waals surface area contributed by atoms with Crippen molar-refractivity contribution in [2.75, 3.05) is 13.1 Å². The summed E-state index contributed by atoms with van der Waals surface area (Å²) in [4.78, 5) is 27.9. The number of carbonyl (C=O) groups excluding carboxylic acids is 1. The fraction of sp³-hybridized carbons (Fsp3) is 0.333. The third-order valence-electron chi connectivity index (χ3n) is 2.90. The van der Waals surface area contributed by atoms with E-state index in [4.69, 9.17) is 11.6 Å². The molecule has 0 N–H and O–H groups in total. The summed E-state index contributed by atoms with van der Waals surface area (Å²) in [6.07, 6.45) is 3.82. The van der Waals surface area contributed by atoms with E-state index in [-0.39, 0.29) is 22.3 Å². The summed E-state index contributed by atoms with van der Waals surface area (Å²) in [5.74, 6) is -0.386. The van der Waals surface area contributed by atoms with Crippen LogP contribution >= 0.6 is 11.6 Å². The maximum atomic E-state index is 12.3. The number of rotatable bonds is 2. The number of aromatic nitrogens is 1. The molecule has 0 fully saturated rings. The first-order chi connectivity index (χ1) is 8.99. The smallest absolute Gasteiger partial charge is 0.300 e. The number of nitrogens with zero attached hydrogens (tertiary/aromatic N) is 3. The van der Waals surface area contributed by atoms with E-state index < -0.39 is 4.92 Å². The topological polar surface area (TPSA) is 76.3 Å². The Hall–Kier alpha value is -1.95. The van der Waals surface area contributed by atoms with Gasteiger partial charge in [0, 0.05) is 13.1 Å².